The number of ether oxygens (including phenoxy) is 1. The minimum absolute atomic E-state index is 0.00347. The molecule has 0 aromatic carbocycles. The summed E-state index contributed by atoms with van der Waals surface area (Å²) in [6.07, 6.45) is 2.75. The Bertz CT molecular complexity index is 556. The SMILES string of the molecule is Cc1noc(C[C@@H]2C[C@H]3CN(S(C)(=O)=O)C[C@H]3O2)n1. The van der Waals surface area contributed by atoms with Gasteiger partial charge in [-0.3, -0.25) is 0 Å². The monoisotopic (exact) mass is 287 g/mol. The molecule has 3 atom stereocenters. The number of aromatic nitrogens is 2. The molecule has 3 heterocycles. The first kappa shape index (κ1) is 13.0. The van der Waals surface area contributed by atoms with Crippen LogP contribution in [0.25, 0.3) is 0 Å². The number of hydrogen-bond donors (Lipinski definition) is 0. The summed E-state index contributed by atoms with van der Waals surface area (Å²) in [6.45, 7) is 2.80. The minimum atomic E-state index is -3.11. The maximum absolute atomic E-state index is 11.5. The molecule has 3 rings (SSSR count). The number of nitrogens with zero attached hydrogens (tertiary/aromatic N) is 3. The van der Waals surface area contributed by atoms with Crippen LogP contribution in [0, 0.1) is 12.8 Å². The number of hydrogen-bond acceptors (Lipinski definition) is 6. The summed E-state index contributed by atoms with van der Waals surface area (Å²) in [5.41, 5.74) is 0. The normalized spacial score (nSPS) is 31.8. The second-order valence-electron chi connectivity index (χ2n) is 5.31. The summed E-state index contributed by atoms with van der Waals surface area (Å²) in [5, 5.41) is 3.75. The molecular weight excluding hydrogens is 270 g/mol. The van der Waals surface area contributed by atoms with Crippen molar-refractivity contribution in [2.45, 2.75) is 32.0 Å². The largest absolute Gasteiger partial charge is 0.373 e. The van der Waals surface area contributed by atoms with Crippen LogP contribution in [-0.2, 0) is 21.2 Å². The predicted molar refractivity (Wildman–Crippen MR) is 65.9 cm³/mol. The van der Waals surface area contributed by atoms with Crippen molar-refractivity contribution in [1.82, 2.24) is 14.4 Å². The van der Waals surface area contributed by atoms with Crippen molar-refractivity contribution in [3.8, 4) is 0 Å². The van der Waals surface area contributed by atoms with E-state index in [4.69, 9.17) is 9.26 Å². The second-order valence-corrected chi connectivity index (χ2v) is 7.29. The first-order valence-corrected chi connectivity index (χ1v) is 8.16. The van der Waals surface area contributed by atoms with Crippen LogP contribution in [0.3, 0.4) is 0 Å². The minimum Gasteiger partial charge on any atom is -0.373 e. The van der Waals surface area contributed by atoms with Crippen molar-refractivity contribution < 1.29 is 17.7 Å². The zero-order chi connectivity index (χ0) is 13.6. The highest BCUT2D eigenvalue weighted by Crippen LogP contribution is 2.34. The molecule has 0 bridgehead atoms. The Balaban J connectivity index is 1.59. The fourth-order valence-corrected chi connectivity index (χ4v) is 3.72. The highest BCUT2D eigenvalue weighted by molar-refractivity contribution is 7.88. The summed E-state index contributed by atoms with van der Waals surface area (Å²) < 4.78 is 35.4. The number of aryl methyl sites for hydroxylation is 1. The predicted octanol–water partition coefficient (Wildman–Crippen LogP) is -0.0306. The van der Waals surface area contributed by atoms with Gasteiger partial charge in [-0.25, -0.2) is 8.42 Å². The quantitative estimate of drug-likeness (QED) is 0.776. The molecule has 0 saturated carbocycles. The number of fused-ring (bicyclic) bond motifs is 1. The Morgan fingerprint density at radius 2 is 2.21 bits per heavy atom. The molecule has 8 heteroatoms. The highest BCUT2D eigenvalue weighted by Gasteiger charge is 2.44. The van der Waals surface area contributed by atoms with Crippen molar-refractivity contribution in [3.05, 3.63) is 11.7 Å². The molecule has 0 unspecified atom stereocenters. The van der Waals surface area contributed by atoms with Crippen LogP contribution in [0.1, 0.15) is 18.1 Å². The van der Waals surface area contributed by atoms with E-state index >= 15 is 0 Å². The molecule has 1 aromatic rings. The van der Waals surface area contributed by atoms with Crippen molar-refractivity contribution in [2.75, 3.05) is 19.3 Å². The molecule has 7 nitrogen and oxygen atoms in total. The molecule has 2 fully saturated rings. The van der Waals surface area contributed by atoms with Crippen molar-refractivity contribution in [3.63, 3.8) is 0 Å². The first-order chi connectivity index (χ1) is 8.91. The lowest BCUT2D eigenvalue weighted by Gasteiger charge is -2.16. The maximum Gasteiger partial charge on any atom is 0.229 e. The van der Waals surface area contributed by atoms with E-state index in [9.17, 15) is 8.42 Å². The topological polar surface area (TPSA) is 85.5 Å². The molecule has 0 radical (unpaired) electrons. The molecule has 2 aliphatic rings. The third kappa shape index (κ3) is 2.65. The average molecular weight is 287 g/mol. The van der Waals surface area contributed by atoms with E-state index < -0.39 is 10.0 Å². The average Bonchev–Trinajstić information content (AvgIpc) is 2.91. The third-order valence-electron chi connectivity index (χ3n) is 3.72. The van der Waals surface area contributed by atoms with Gasteiger partial charge in [-0.1, -0.05) is 5.16 Å². The van der Waals surface area contributed by atoms with Gasteiger partial charge in [0.2, 0.25) is 15.9 Å². The summed E-state index contributed by atoms with van der Waals surface area (Å²) >= 11 is 0. The molecule has 106 valence electrons. The number of rotatable bonds is 3. The van der Waals surface area contributed by atoms with Gasteiger partial charge in [-0.15, -0.1) is 0 Å². The smallest absolute Gasteiger partial charge is 0.229 e. The van der Waals surface area contributed by atoms with Gasteiger partial charge < -0.3 is 9.26 Å². The van der Waals surface area contributed by atoms with Gasteiger partial charge in [0.15, 0.2) is 5.82 Å². The van der Waals surface area contributed by atoms with Gasteiger partial charge in [0.25, 0.3) is 0 Å². The van der Waals surface area contributed by atoms with Crippen LogP contribution >= 0.6 is 0 Å². The lowest BCUT2D eigenvalue weighted by molar-refractivity contribution is 0.0401. The van der Waals surface area contributed by atoms with Crippen LogP contribution in [0.5, 0.6) is 0 Å². The van der Waals surface area contributed by atoms with E-state index in [0.717, 1.165) is 6.42 Å². The Labute approximate surface area is 112 Å². The molecule has 1 aromatic heterocycles. The standard InChI is InChI=1S/C11H17N3O4S/c1-7-12-11(18-13-7)4-9-3-8-5-14(19(2,15)16)6-10(8)17-9/h8-10H,3-6H2,1-2H3/t8-,9-,10+/m0/s1. The van der Waals surface area contributed by atoms with Crippen molar-refractivity contribution >= 4 is 10.0 Å². The van der Waals surface area contributed by atoms with Crippen LogP contribution in [0.2, 0.25) is 0 Å². The molecule has 0 N–H and O–H groups in total. The molecule has 0 amide bonds. The molecule has 0 aliphatic carbocycles. The number of sulfonamides is 1. The molecular formula is C11H17N3O4S. The Hall–Kier alpha value is -0.990. The third-order valence-corrected chi connectivity index (χ3v) is 4.96. The van der Waals surface area contributed by atoms with Gasteiger partial charge >= 0.3 is 0 Å². The fourth-order valence-electron chi connectivity index (χ4n) is 2.84. The molecule has 0 spiro atoms. The van der Waals surface area contributed by atoms with Crippen molar-refractivity contribution in [2.24, 2.45) is 5.92 Å². The second kappa shape index (κ2) is 4.53. The first-order valence-electron chi connectivity index (χ1n) is 6.31. The molecule has 19 heavy (non-hydrogen) atoms. The van der Waals surface area contributed by atoms with E-state index in [1.54, 1.807) is 6.92 Å². The fraction of sp³-hybridized carbons (Fsp3) is 0.818. The Morgan fingerprint density at radius 3 is 2.79 bits per heavy atom. The van der Waals surface area contributed by atoms with Crippen LogP contribution < -0.4 is 0 Å². The van der Waals surface area contributed by atoms with Crippen LogP contribution in [0.4, 0.5) is 0 Å². The molecule has 2 saturated heterocycles. The van der Waals surface area contributed by atoms with E-state index in [1.165, 1.54) is 10.6 Å². The van der Waals surface area contributed by atoms with Crippen molar-refractivity contribution in [1.29, 1.82) is 0 Å². The highest BCUT2D eigenvalue weighted by atomic mass is 32.2. The van der Waals surface area contributed by atoms with E-state index in [2.05, 4.69) is 10.1 Å². The van der Waals surface area contributed by atoms with E-state index in [-0.39, 0.29) is 18.1 Å². The maximum atomic E-state index is 11.5. The van der Waals surface area contributed by atoms with E-state index in [0.29, 0.717) is 31.2 Å². The Morgan fingerprint density at radius 1 is 1.42 bits per heavy atom. The van der Waals surface area contributed by atoms with E-state index in [1.807, 2.05) is 0 Å². The van der Waals surface area contributed by atoms with Gasteiger partial charge in [0.1, 0.15) is 0 Å². The summed E-state index contributed by atoms with van der Waals surface area (Å²) in [7, 11) is -3.11. The van der Waals surface area contributed by atoms with Crippen LogP contribution in [-0.4, -0.2) is 54.4 Å². The van der Waals surface area contributed by atoms with Gasteiger partial charge in [0, 0.05) is 19.0 Å². The summed E-state index contributed by atoms with van der Waals surface area (Å²) in [6, 6.07) is 0. The van der Waals surface area contributed by atoms with Crippen LogP contribution in [0.15, 0.2) is 4.52 Å². The lowest BCUT2D eigenvalue weighted by atomic mass is 10.0. The molecule has 2 aliphatic heterocycles. The van der Waals surface area contributed by atoms with Gasteiger partial charge in [0.05, 0.1) is 24.9 Å². The zero-order valence-corrected chi connectivity index (χ0v) is 11.8. The summed E-state index contributed by atoms with van der Waals surface area (Å²) in [4.78, 5) is 4.16. The zero-order valence-electron chi connectivity index (χ0n) is 10.9. The van der Waals surface area contributed by atoms with Gasteiger partial charge in [-0.05, 0) is 13.3 Å². The summed E-state index contributed by atoms with van der Waals surface area (Å²) in [5.74, 6) is 1.49. The lowest BCUT2D eigenvalue weighted by Crippen LogP contribution is -2.30. The van der Waals surface area contributed by atoms with Gasteiger partial charge in [-0.2, -0.15) is 9.29 Å². The Kier molecular flexibility index (Phi) is 3.11.